The maximum atomic E-state index is 13.2. The molecule has 1 aromatic rings. The highest BCUT2D eigenvalue weighted by Crippen LogP contribution is 2.38. The van der Waals surface area contributed by atoms with Gasteiger partial charge in [-0.25, -0.2) is 14.8 Å². The van der Waals surface area contributed by atoms with Gasteiger partial charge in [0.1, 0.15) is 5.82 Å². The van der Waals surface area contributed by atoms with Gasteiger partial charge in [0, 0.05) is 30.2 Å². The Bertz CT molecular complexity index is 676. The number of fused-ring (bicyclic) bond motifs is 2. The Kier molecular flexibility index (Phi) is 6.86. The molecule has 28 heavy (non-hydrogen) atoms. The summed E-state index contributed by atoms with van der Waals surface area (Å²) in [5.74, 6) is 0.693. The van der Waals surface area contributed by atoms with Crippen LogP contribution in [0.15, 0.2) is 12.3 Å². The number of esters is 1. The zero-order valence-electron chi connectivity index (χ0n) is 17.2. The molecule has 1 amide bonds. The van der Waals surface area contributed by atoms with Gasteiger partial charge in [0.05, 0.1) is 7.11 Å². The molecule has 2 unspecified atom stereocenters. The van der Waals surface area contributed by atoms with Crippen LogP contribution in [0.2, 0.25) is 0 Å². The van der Waals surface area contributed by atoms with E-state index in [9.17, 15) is 9.59 Å². The molecule has 7 nitrogen and oxygen atoms in total. The standard InChI is InChI=1S/C21H32N4O3/c1-4-6-14(7-5-2)20(26)25-16-8-9-17(25)13-15(12-16)23-18-10-11-22-19(24-18)21(27)28-3/h10-11,14-17H,4-9,12-13H2,1-3H3,(H,22,23,24). The fourth-order valence-electron chi connectivity index (χ4n) is 4.79. The molecule has 0 radical (unpaired) electrons. The number of hydrogen-bond donors (Lipinski definition) is 1. The van der Waals surface area contributed by atoms with E-state index >= 15 is 0 Å². The zero-order valence-corrected chi connectivity index (χ0v) is 17.2. The second kappa shape index (κ2) is 9.34. The monoisotopic (exact) mass is 388 g/mol. The van der Waals surface area contributed by atoms with Crippen molar-refractivity contribution in [1.82, 2.24) is 14.9 Å². The Morgan fingerprint density at radius 1 is 1.21 bits per heavy atom. The van der Waals surface area contributed by atoms with Gasteiger partial charge in [0.15, 0.2) is 0 Å². The Morgan fingerprint density at radius 2 is 1.86 bits per heavy atom. The second-order valence-electron chi connectivity index (χ2n) is 7.97. The third-order valence-electron chi connectivity index (χ3n) is 5.99. The van der Waals surface area contributed by atoms with Crippen LogP contribution in [0.4, 0.5) is 5.82 Å². The first-order valence-corrected chi connectivity index (χ1v) is 10.6. The van der Waals surface area contributed by atoms with Crippen molar-refractivity contribution in [3.63, 3.8) is 0 Å². The van der Waals surface area contributed by atoms with E-state index in [1.807, 2.05) is 0 Å². The van der Waals surface area contributed by atoms with Crippen LogP contribution in [0.5, 0.6) is 0 Å². The van der Waals surface area contributed by atoms with E-state index in [4.69, 9.17) is 4.74 Å². The van der Waals surface area contributed by atoms with Crippen LogP contribution in [0.3, 0.4) is 0 Å². The topological polar surface area (TPSA) is 84.4 Å². The lowest BCUT2D eigenvalue weighted by Crippen LogP contribution is -2.51. The first kappa shape index (κ1) is 20.6. The number of amides is 1. The van der Waals surface area contributed by atoms with Crippen molar-refractivity contribution in [1.29, 1.82) is 0 Å². The smallest absolute Gasteiger partial charge is 0.376 e. The van der Waals surface area contributed by atoms with E-state index in [-0.39, 0.29) is 17.8 Å². The van der Waals surface area contributed by atoms with Crippen molar-refractivity contribution in [2.24, 2.45) is 5.92 Å². The fraction of sp³-hybridized carbons (Fsp3) is 0.714. The Hall–Kier alpha value is -2.18. The van der Waals surface area contributed by atoms with Crippen molar-refractivity contribution in [2.45, 2.75) is 83.3 Å². The van der Waals surface area contributed by atoms with Crippen LogP contribution in [-0.4, -0.2) is 52.0 Å². The van der Waals surface area contributed by atoms with E-state index < -0.39 is 5.97 Å². The predicted octanol–water partition coefficient (Wildman–Crippen LogP) is 3.41. The number of hydrogen-bond acceptors (Lipinski definition) is 6. The first-order valence-electron chi connectivity index (χ1n) is 10.6. The average molecular weight is 389 g/mol. The molecule has 2 bridgehead atoms. The number of piperidine rings is 1. The van der Waals surface area contributed by atoms with Crippen molar-refractivity contribution < 1.29 is 14.3 Å². The predicted molar refractivity (Wildman–Crippen MR) is 107 cm³/mol. The Labute approximate surface area is 167 Å². The summed E-state index contributed by atoms with van der Waals surface area (Å²) in [5.41, 5.74) is 0. The van der Waals surface area contributed by atoms with Crippen LogP contribution < -0.4 is 5.32 Å². The van der Waals surface area contributed by atoms with E-state index in [1.165, 1.54) is 7.11 Å². The van der Waals surface area contributed by atoms with Gasteiger partial charge >= 0.3 is 5.97 Å². The summed E-state index contributed by atoms with van der Waals surface area (Å²) in [7, 11) is 1.32. The molecule has 1 aromatic heterocycles. The molecule has 0 saturated carbocycles. The molecule has 154 valence electrons. The number of methoxy groups -OCH3 is 1. The molecule has 2 aliphatic heterocycles. The van der Waals surface area contributed by atoms with E-state index in [2.05, 4.69) is 34.0 Å². The number of anilines is 1. The molecular weight excluding hydrogens is 356 g/mol. The highest BCUT2D eigenvalue weighted by atomic mass is 16.5. The maximum absolute atomic E-state index is 13.2. The summed E-state index contributed by atoms with van der Waals surface area (Å²) < 4.78 is 4.69. The molecule has 1 N–H and O–H groups in total. The molecule has 2 saturated heterocycles. The summed E-state index contributed by atoms with van der Waals surface area (Å²) in [6.45, 7) is 4.32. The minimum absolute atomic E-state index is 0.0602. The Balaban J connectivity index is 1.65. The molecular formula is C21H32N4O3. The normalized spacial score (nSPS) is 23.7. The summed E-state index contributed by atoms with van der Waals surface area (Å²) in [4.78, 5) is 35.3. The van der Waals surface area contributed by atoms with Gasteiger partial charge in [-0.3, -0.25) is 4.79 Å². The maximum Gasteiger partial charge on any atom is 0.376 e. The summed E-state index contributed by atoms with van der Waals surface area (Å²) in [6.07, 6.45) is 9.65. The third-order valence-corrected chi connectivity index (χ3v) is 5.99. The van der Waals surface area contributed by atoms with Crippen molar-refractivity contribution >= 4 is 17.7 Å². The number of rotatable bonds is 8. The summed E-state index contributed by atoms with van der Waals surface area (Å²) >= 11 is 0. The van der Waals surface area contributed by atoms with Gasteiger partial charge < -0.3 is 15.0 Å². The van der Waals surface area contributed by atoms with E-state index in [0.717, 1.165) is 51.4 Å². The first-order chi connectivity index (χ1) is 13.6. The van der Waals surface area contributed by atoms with Crippen molar-refractivity contribution in [3.05, 3.63) is 18.1 Å². The Morgan fingerprint density at radius 3 is 2.43 bits per heavy atom. The molecule has 2 atom stereocenters. The third kappa shape index (κ3) is 4.45. The highest BCUT2D eigenvalue weighted by Gasteiger charge is 2.44. The molecule has 2 fully saturated rings. The molecule has 0 aromatic carbocycles. The molecule has 0 spiro atoms. The largest absolute Gasteiger partial charge is 0.463 e. The average Bonchev–Trinajstić information content (AvgIpc) is 2.97. The number of carbonyl (C=O) groups excluding carboxylic acids is 2. The van der Waals surface area contributed by atoms with Crippen molar-refractivity contribution in [2.75, 3.05) is 12.4 Å². The summed E-state index contributed by atoms with van der Waals surface area (Å²) in [6, 6.07) is 2.63. The SMILES string of the molecule is CCCC(CCC)C(=O)N1C2CCC1CC(Nc1ccnc(C(=O)OC)n1)C2. The van der Waals surface area contributed by atoms with Gasteiger partial charge in [0.2, 0.25) is 11.7 Å². The van der Waals surface area contributed by atoms with Crippen LogP contribution in [0.25, 0.3) is 0 Å². The number of aromatic nitrogens is 2. The molecule has 3 rings (SSSR count). The second-order valence-corrected chi connectivity index (χ2v) is 7.97. The molecule has 0 aliphatic carbocycles. The van der Waals surface area contributed by atoms with Gasteiger partial charge in [0.25, 0.3) is 0 Å². The number of ether oxygens (including phenoxy) is 1. The van der Waals surface area contributed by atoms with Crippen molar-refractivity contribution in [3.8, 4) is 0 Å². The molecule has 7 heteroatoms. The van der Waals surface area contributed by atoms with Crippen LogP contribution in [0.1, 0.15) is 75.8 Å². The van der Waals surface area contributed by atoms with Crippen LogP contribution in [0, 0.1) is 5.92 Å². The lowest BCUT2D eigenvalue weighted by Gasteiger charge is -2.41. The fourth-order valence-corrected chi connectivity index (χ4v) is 4.79. The number of carbonyl (C=O) groups is 2. The zero-order chi connectivity index (χ0) is 20.1. The van der Waals surface area contributed by atoms with Crippen LogP contribution >= 0.6 is 0 Å². The van der Waals surface area contributed by atoms with E-state index in [1.54, 1.807) is 12.3 Å². The van der Waals surface area contributed by atoms with E-state index in [0.29, 0.717) is 23.8 Å². The number of nitrogens with zero attached hydrogens (tertiary/aromatic N) is 3. The molecule has 3 heterocycles. The quantitative estimate of drug-likeness (QED) is 0.687. The molecule has 2 aliphatic rings. The van der Waals surface area contributed by atoms with Gasteiger partial charge in [-0.2, -0.15) is 0 Å². The van der Waals surface area contributed by atoms with Gasteiger partial charge in [-0.15, -0.1) is 0 Å². The minimum Gasteiger partial charge on any atom is -0.463 e. The summed E-state index contributed by atoms with van der Waals surface area (Å²) in [5, 5.41) is 3.44. The number of nitrogens with one attached hydrogen (secondary N) is 1. The highest BCUT2D eigenvalue weighted by molar-refractivity contribution is 5.85. The van der Waals surface area contributed by atoms with Crippen LogP contribution in [-0.2, 0) is 9.53 Å². The lowest BCUT2D eigenvalue weighted by atomic mass is 9.91. The minimum atomic E-state index is -0.540. The van der Waals surface area contributed by atoms with Gasteiger partial charge in [-0.1, -0.05) is 26.7 Å². The lowest BCUT2D eigenvalue weighted by molar-refractivity contribution is -0.140. The van der Waals surface area contributed by atoms with Gasteiger partial charge in [-0.05, 0) is 44.6 Å².